The molecule has 1 spiro atoms. The molecule has 2 aliphatic rings. The molecule has 2 aliphatic heterocycles. The Kier molecular flexibility index (Phi) is 5.18. The molecule has 2 unspecified atom stereocenters. The van der Waals surface area contributed by atoms with Crippen molar-refractivity contribution < 1.29 is 14.3 Å². The molecule has 5 heterocycles. The zero-order chi connectivity index (χ0) is 22.1. The highest BCUT2D eigenvalue weighted by Crippen LogP contribution is 2.42. The first kappa shape index (κ1) is 20.3. The Hall–Kier alpha value is -3.59. The van der Waals surface area contributed by atoms with Crippen LogP contribution in [0.1, 0.15) is 27.7 Å². The van der Waals surface area contributed by atoms with Gasteiger partial charge in [0, 0.05) is 50.8 Å². The maximum absolute atomic E-state index is 13.8. The summed E-state index contributed by atoms with van der Waals surface area (Å²) in [6.07, 6.45) is 6.89. The van der Waals surface area contributed by atoms with Crippen LogP contribution in [-0.2, 0) is 23.1 Å². The summed E-state index contributed by atoms with van der Waals surface area (Å²) in [5.41, 5.74) is 0.871. The van der Waals surface area contributed by atoms with E-state index in [1.54, 1.807) is 52.4 Å². The van der Waals surface area contributed by atoms with Crippen molar-refractivity contribution in [1.82, 2.24) is 29.5 Å². The van der Waals surface area contributed by atoms with E-state index in [9.17, 15) is 9.59 Å². The van der Waals surface area contributed by atoms with Gasteiger partial charge in [-0.3, -0.25) is 24.2 Å². The van der Waals surface area contributed by atoms with Gasteiger partial charge in [-0.05, 0) is 29.8 Å². The Bertz CT molecular complexity index is 1120. The molecule has 0 aromatic carbocycles. The molecule has 9 heteroatoms. The SMILES string of the molecule is Cn1ccc(C(=O)N2CC(c3cccnc3)C3(C2)OCCN(Cc2ccccn2)C3=O)n1. The Balaban J connectivity index is 1.48. The Morgan fingerprint density at radius 1 is 1.22 bits per heavy atom. The van der Waals surface area contributed by atoms with Crippen molar-refractivity contribution in [1.29, 1.82) is 0 Å². The summed E-state index contributed by atoms with van der Waals surface area (Å²) < 4.78 is 7.83. The number of ether oxygens (including phenoxy) is 1. The first-order valence-electron chi connectivity index (χ1n) is 10.6. The molecular formula is C23H24N6O3. The van der Waals surface area contributed by atoms with E-state index >= 15 is 0 Å². The van der Waals surface area contributed by atoms with Crippen LogP contribution in [0.2, 0.25) is 0 Å². The Morgan fingerprint density at radius 2 is 2.12 bits per heavy atom. The van der Waals surface area contributed by atoms with Gasteiger partial charge in [-0.25, -0.2) is 0 Å². The van der Waals surface area contributed by atoms with E-state index in [2.05, 4.69) is 15.1 Å². The lowest BCUT2D eigenvalue weighted by Crippen LogP contribution is -2.60. The fourth-order valence-corrected chi connectivity index (χ4v) is 4.60. The summed E-state index contributed by atoms with van der Waals surface area (Å²) in [5, 5.41) is 4.25. The fraction of sp³-hybridized carbons (Fsp3) is 0.348. The number of morpholine rings is 1. The van der Waals surface area contributed by atoms with Crippen LogP contribution in [-0.4, -0.2) is 73.2 Å². The number of nitrogens with zero attached hydrogens (tertiary/aromatic N) is 6. The Labute approximate surface area is 185 Å². The molecule has 0 bridgehead atoms. The van der Waals surface area contributed by atoms with E-state index in [0.29, 0.717) is 31.9 Å². The number of aromatic nitrogens is 4. The molecule has 2 saturated heterocycles. The van der Waals surface area contributed by atoms with Gasteiger partial charge >= 0.3 is 0 Å². The number of aryl methyl sites for hydroxylation is 1. The fourth-order valence-electron chi connectivity index (χ4n) is 4.60. The molecule has 2 atom stereocenters. The highest BCUT2D eigenvalue weighted by atomic mass is 16.5. The van der Waals surface area contributed by atoms with Gasteiger partial charge in [0.25, 0.3) is 11.8 Å². The number of carbonyl (C=O) groups is 2. The van der Waals surface area contributed by atoms with Gasteiger partial charge in [-0.15, -0.1) is 0 Å². The third-order valence-electron chi connectivity index (χ3n) is 6.15. The topological polar surface area (TPSA) is 93.5 Å². The predicted octanol–water partition coefficient (Wildman–Crippen LogP) is 1.25. The van der Waals surface area contributed by atoms with Crippen LogP contribution in [0, 0.1) is 0 Å². The molecule has 5 rings (SSSR count). The molecule has 164 valence electrons. The van der Waals surface area contributed by atoms with Crippen LogP contribution < -0.4 is 0 Å². The average Bonchev–Trinajstić information content (AvgIpc) is 3.42. The third-order valence-corrected chi connectivity index (χ3v) is 6.15. The number of carbonyl (C=O) groups excluding carboxylic acids is 2. The maximum Gasteiger partial charge on any atom is 0.274 e. The zero-order valence-corrected chi connectivity index (χ0v) is 17.8. The van der Waals surface area contributed by atoms with Crippen molar-refractivity contribution in [2.75, 3.05) is 26.2 Å². The lowest BCUT2D eigenvalue weighted by Gasteiger charge is -2.42. The van der Waals surface area contributed by atoms with Gasteiger partial charge in [-0.1, -0.05) is 12.1 Å². The minimum Gasteiger partial charge on any atom is -0.361 e. The van der Waals surface area contributed by atoms with Crippen molar-refractivity contribution in [3.63, 3.8) is 0 Å². The number of likely N-dealkylation sites (tertiary alicyclic amines) is 1. The van der Waals surface area contributed by atoms with E-state index in [-0.39, 0.29) is 24.3 Å². The standard InChI is InChI=1S/C23H24N6O3/c1-27-10-7-20(26-27)21(30)29-15-19(17-5-4-8-24-13-17)23(16-29)22(31)28(11-12-32-23)14-18-6-2-3-9-25-18/h2-10,13,19H,11-12,14-16H2,1H3. The first-order valence-corrected chi connectivity index (χ1v) is 10.6. The highest BCUT2D eigenvalue weighted by molar-refractivity contribution is 5.95. The summed E-state index contributed by atoms with van der Waals surface area (Å²) in [6.45, 7) is 1.79. The largest absolute Gasteiger partial charge is 0.361 e. The summed E-state index contributed by atoms with van der Waals surface area (Å²) in [5.74, 6) is -0.669. The van der Waals surface area contributed by atoms with Crippen LogP contribution in [0.5, 0.6) is 0 Å². The zero-order valence-electron chi connectivity index (χ0n) is 17.8. The summed E-state index contributed by atoms with van der Waals surface area (Å²) in [7, 11) is 1.77. The average molecular weight is 432 g/mol. The molecule has 0 aliphatic carbocycles. The molecule has 0 N–H and O–H groups in total. The molecule has 0 saturated carbocycles. The molecule has 3 aromatic heterocycles. The third kappa shape index (κ3) is 3.54. The van der Waals surface area contributed by atoms with Crippen molar-refractivity contribution in [2.24, 2.45) is 7.05 Å². The lowest BCUT2D eigenvalue weighted by molar-refractivity contribution is -0.172. The predicted molar refractivity (Wildman–Crippen MR) is 114 cm³/mol. The molecule has 32 heavy (non-hydrogen) atoms. The quantitative estimate of drug-likeness (QED) is 0.616. The van der Waals surface area contributed by atoms with Crippen LogP contribution in [0.3, 0.4) is 0 Å². The van der Waals surface area contributed by atoms with E-state index in [1.807, 2.05) is 30.3 Å². The molecule has 2 fully saturated rings. The summed E-state index contributed by atoms with van der Waals surface area (Å²) >= 11 is 0. The molecule has 3 aromatic rings. The first-order chi connectivity index (χ1) is 15.6. The van der Waals surface area contributed by atoms with Crippen LogP contribution in [0.4, 0.5) is 0 Å². The second-order valence-corrected chi connectivity index (χ2v) is 8.19. The summed E-state index contributed by atoms with van der Waals surface area (Å²) in [4.78, 5) is 39.1. The lowest BCUT2D eigenvalue weighted by atomic mass is 9.83. The number of hydrogen-bond acceptors (Lipinski definition) is 6. The smallest absolute Gasteiger partial charge is 0.274 e. The minimum atomic E-state index is -1.17. The molecule has 0 radical (unpaired) electrons. The van der Waals surface area contributed by atoms with Crippen molar-refractivity contribution in [2.45, 2.75) is 18.1 Å². The summed E-state index contributed by atoms with van der Waals surface area (Å²) in [6, 6.07) is 11.1. The van der Waals surface area contributed by atoms with Crippen LogP contribution in [0.25, 0.3) is 0 Å². The number of pyridine rings is 2. The normalized spacial score (nSPS) is 23.2. The van der Waals surface area contributed by atoms with Gasteiger partial charge < -0.3 is 14.5 Å². The maximum atomic E-state index is 13.8. The van der Waals surface area contributed by atoms with Crippen molar-refractivity contribution in [3.05, 3.63) is 78.1 Å². The molecular weight excluding hydrogens is 408 g/mol. The van der Waals surface area contributed by atoms with Crippen molar-refractivity contribution >= 4 is 11.8 Å². The van der Waals surface area contributed by atoms with Gasteiger partial charge in [-0.2, -0.15) is 5.10 Å². The monoisotopic (exact) mass is 432 g/mol. The molecule has 9 nitrogen and oxygen atoms in total. The van der Waals surface area contributed by atoms with Gasteiger partial charge in [0.2, 0.25) is 0 Å². The van der Waals surface area contributed by atoms with Gasteiger partial charge in [0.15, 0.2) is 5.60 Å². The second kappa shape index (κ2) is 8.16. The number of rotatable bonds is 4. The van der Waals surface area contributed by atoms with E-state index in [0.717, 1.165) is 11.3 Å². The molecule has 2 amide bonds. The Morgan fingerprint density at radius 3 is 2.84 bits per heavy atom. The van der Waals surface area contributed by atoms with Gasteiger partial charge in [0.1, 0.15) is 5.69 Å². The second-order valence-electron chi connectivity index (χ2n) is 8.19. The van der Waals surface area contributed by atoms with Gasteiger partial charge in [0.05, 0.1) is 25.4 Å². The minimum absolute atomic E-state index is 0.125. The van der Waals surface area contributed by atoms with E-state index < -0.39 is 5.60 Å². The van der Waals surface area contributed by atoms with Crippen LogP contribution in [0.15, 0.2) is 61.2 Å². The van der Waals surface area contributed by atoms with E-state index in [4.69, 9.17) is 4.74 Å². The highest BCUT2D eigenvalue weighted by Gasteiger charge is 2.58. The van der Waals surface area contributed by atoms with Crippen LogP contribution >= 0.6 is 0 Å². The van der Waals surface area contributed by atoms with Crippen molar-refractivity contribution in [3.8, 4) is 0 Å². The number of hydrogen-bond donors (Lipinski definition) is 0. The van der Waals surface area contributed by atoms with E-state index in [1.165, 1.54) is 0 Å². The number of amides is 2.